The third-order valence-corrected chi connectivity index (χ3v) is 2.84. The lowest BCUT2D eigenvalue weighted by molar-refractivity contribution is 0.00670. The van der Waals surface area contributed by atoms with Crippen LogP contribution in [0.3, 0.4) is 0 Å². The van der Waals surface area contributed by atoms with Gasteiger partial charge in [0, 0.05) is 12.3 Å². The molecule has 0 amide bonds. The summed E-state index contributed by atoms with van der Waals surface area (Å²) in [7, 11) is 0. The number of pyridine rings is 1. The van der Waals surface area contributed by atoms with E-state index in [-0.39, 0.29) is 12.2 Å². The van der Waals surface area contributed by atoms with Crippen LogP contribution in [0, 0.1) is 0 Å². The van der Waals surface area contributed by atoms with Gasteiger partial charge in [-0.1, -0.05) is 18.0 Å². The molecule has 1 saturated carbocycles. The summed E-state index contributed by atoms with van der Waals surface area (Å²) in [6.45, 7) is 0. The van der Waals surface area contributed by atoms with Crippen LogP contribution in [-0.4, -0.2) is 22.3 Å². The lowest BCUT2D eigenvalue weighted by atomic mass is 9.95. The molecule has 4 heteroatoms. The molecule has 15 heavy (non-hydrogen) atoms. The fourth-order valence-corrected chi connectivity index (χ4v) is 2.01. The summed E-state index contributed by atoms with van der Waals surface area (Å²) >= 11 is 5.79. The SMILES string of the molecule is O[C@@H]1CCCC[C@H]1Oc1cncc(Cl)c1. The van der Waals surface area contributed by atoms with Gasteiger partial charge in [-0.15, -0.1) is 0 Å². The average molecular weight is 228 g/mol. The normalized spacial score (nSPS) is 26.3. The molecule has 2 atom stereocenters. The maximum atomic E-state index is 9.72. The van der Waals surface area contributed by atoms with E-state index in [4.69, 9.17) is 16.3 Å². The van der Waals surface area contributed by atoms with Gasteiger partial charge in [0.2, 0.25) is 0 Å². The van der Waals surface area contributed by atoms with Crippen LogP contribution in [0.2, 0.25) is 5.02 Å². The highest BCUT2D eigenvalue weighted by atomic mass is 35.5. The van der Waals surface area contributed by atoms with E-state index in [0.717, 1.165) is 25.7 Å². The van der Waals surface area contributed by atoms with Gasteiger partial charge in [0.25, 0.3) is 0 Å². The lowest BCUT2D eigenvalue weighted by Gasteiger charge is -2.28. The molecule has 82 valence electrons. The first-order valence-corrected chi connectivity index (χ1v) is 5.59. The number of aliphatic hydroxyl groups is 1. The smallest absolute Gasteiger partial charge is 0.139 e. The number of nitrogens with zero attached hydrogens (tertiary/aromatic N) is 1. The molecule has 1 N–H and O–H groups in total. The fraction of sp³-hybridized carbons (Fsp3) is 0.545. The molecule has 1 fully saturated rings. The van der Waals surface area contributed by atoms with E-state index in [1.54, 1.807) is 18.5 Å². The monoisotopic (exact) mass is 227 g/mol. The molecule has 0 saturated heterocycles. The van der Waals surface area contributed by atoms with Crippen molar-refractivity contribution in [1.82, 2.24) is 4.98 Å². The highest BCUT2D eigenvalue weighted by Crippen LogP contribution is 2.24. The van der Waals surface area contributed by atoms with E-state index in [0.29, 0.717) is 10.8 Å². The highest BCUT2D eigenvalue weighted by Gasteiger charge is 2.24. The summed E-state index contributed by atoms with van der Waals surface area (Å²) in [4.78, 5) is 3.94. The maximum Gasteiger partial charge on any atom is 0.139 e. The first kappa shape index (κ1) is 10.7. The second kappa shape index (κ2) is 4.81. The van der Waals surface area contributed by atoms with Gasteiger partial charge in [0.15, 0.2) is 0 Å². The Labute approximate surface area is 94.0 Å². The van der Waals surface area contributed by atoms with E-state index >= 15 is 0 Å². The predicted octanol–water partition coefficient (Wildman–Crippen LogP) is 2.42. The summed E-state index contributed by atoms with van der Waals surface area (Å²) in [6.07, 6.45) is 6.60. The van der Waals surface area contributed by atoms with E-state index < -0.39 is 0 Å². The quantitative estimate of drug-likeness (QED) is 0.844. The second-order valence-electron chi connectivity index (χ2n) is 3.85. The number of aliphatic hydroxyl groups excluding tert-OH is 1. The Bertz CT molecular complexity index is 332. The van der Waals surface area contributed by atoms with Gasteiger partial charge < -0.3 is 9.84 Å². The molecule has 0 aromatic carbocycles. The molecule has 1 heterocycles. The van der Waals surface area contributed by atoms with Gasteiger partial charge in [0.1, 0.15) is 11.9 Å². The number of hydrogen-bond donors (Lipinski definition) is 1. The van der Waals surface area contributed by atoms with Crippen molar-refractivity contribution < 1.29 is 9.84 Å². The third kappa shape index (κ3) is 2.83. The molecule has 0 aliphatic heterocycles. The molecule has 1 aliphatic rings. The fourth-order valence-electron chi connectivity index (χ4n) is 1.85. The van der Waals surface area contributed by atoms with Crippen molar-refractivity contribution in [3.05, 3.63) is 23.5 Å². The number of aromatic nitrogens is 1. The van der Waals surface area contributed by atoms with E-state index in [9.17, 15) is 5.11 Å². The Morgan fingerprint density at radius 3 is 2.87 bits per heavy atom. The summed E-state index contributed by atoms with van der Waals surface area (Å²) < 4.78 is 5.65. The number of halogens is 1. The largest absolute Gasteiger partial charge is 0.486 e. The summed E-state index contributed by atoms with van der Waals surface area (Å²) in [6, 6.07) is 1.72. The van der Waals surface area contributed by atoms with Gasteiger partial charge in [0.05, 0.1) is 17.3 Å². The van der Waals surface area contributed by atoms with E-state index in [1.165, 1.54) is 0 Å². The molecule has 0 radical (unpaired) electrons. The molecule has 1 aromatic heterocycles. The van der Waals surface area contributed by atoms with E-state index in [1.807, 2.05) is 0 Å². The Hall–Kier alpha value is -0.800. The predicted molar refractivity (Wildman–Crippen MR) is 58.1 cm³/mol. The molecule has 1 aromatic rings. The van der Waals surface area contributed by atoms with Crippen LogP contribution in [0.25, 0.3) is 0 Å². The molecule has 0 unspecified atom stereocenters. The molecular weight excluding hydrogens is 214 g/mol. The Balaban J connectivity index is 2.01. The Morgan fingerprint density at radius 1 is 1.33 bits per heavy atom. The van der Waals surface area contributed by atoms with Crippen LogP contribution in [0.15, 0.2) is 18.5 Å². The third-order valence-electron chi connectivity index (χ3n) is 2.63. The Morgan fingerprint density at radius 2 is 2.13 bits per heavy atom. The van der Waals surface area contributed by atoms with Crippen molar-refractivity contribution in [1.29, 1.82) is 0 Å². The zero-order valence-corrected chi connectivity index (χ0v) is 9.15. The van der Waals surface area contributed by atoms with Crippen LogP contribution in [0.1, 0.15) is 25.7 Å². The zero-order chi connectivity index (χ0) is 10.7. The van der Waals surface area contributed by atoms with Crippen molar-refractivity contribution in [2.75, 3.05) is 0 Å². The van der Waals surface area contributed by atoms with Crippen molar-refractivity contribution in [3.8, 4) is 5.75 Å². The van der Waals surface area contributed by atoms with Crippen LogP contribution in [0.4, 0.5) is 0 Å². The zero-order valence-electron chi connectivity index (χ0n) is 8.40. The molecule has 0 spiro atoms. The van der Waals surface area contributed by atoms with Crippen molar-refractivity contribution in [3.63, 3.8) is 0 Å². The minimum absolute atomic E-state index is 0.112. The van der Waals surface area contributed by atoms with Gasteiger partial charge in [-0.2, -0.15) is 0 Å². The maximum absolute atomic E-state index is 9.72. The first-order valence-electron chi connectivity index (χ1n) is 5.21. The number of hydrogen-bond acceptors (Lipinski definition) is 3. The van der Waals surface area contributed by atoms with Crippen molar-refractivity contribution in [2.45, 2.75) is 37.9 Å². The highest BCUT2D eigenvalue weighted by molar-refractivity contribution is 6.30. The van der Waals surface area contributed by atoms with Gasteiger partial charge in [-0.3, -0.25) is 4.98 Å². The summed E-state index contributed by atoms with van der Waals surface area (Å²) in [5.74, 6) is 0.633. The average Bonchev–Trinajstić information content (AvgIpc) is 2.22. The molecule has 2 rings (SSSR count). The molecule has 1 aliphatic carbocycles. The minimum atomic E-state index is -0.363. The minimum Gasteiger partial charge on any atom is -0.486 e. The summed E-state index contributed by atoms with van der Waals surface area (Å²) in [5, 5.41) is 10.3. The number of ether oxygens (including phenoxy) is 1. The van der Waals surface area contributed by atoms with Crippen molar-refractivity contribution in [2.24, 2.45) is 0 Å². The van der Waals surface area contributed by atoms with Crippen LogP contribution < -0.4 is 4.74 Å². The molecule has 0 bridgehead atoms. The van der Waals surface area contributed by atoms with Crippen LogP contribution in [-0.2, 0) is 0 Å². The van der Waals surface area contributed by atoms with Crippen LogP contribution >= 0.6 is 11.6 Å². The first-order chi connectivity index (χ1) is 7.25. The van der Waals surface area contributed by atoms with Gasteiger partial charge in [-0.25, -0.2) is 0 Å². The Kier molecular flexibility index (Phi) is 3.44. The molecular formula is C11H14ClNO2. The standard InChI is InChI=1S/C11H14ClNO2/c12-8-5-9(7-13-6-8)15-11-4-2-1-3-10(11)14/h5-7,10-11,14H,1-4H2/t10-,11-/m1/s1. The van der Waals surface area contributed by atoms with Gasteiger partial charge >= 0.3 is 0 Å². The lowest BCUT2D eigenvalue weighted by Crippen LogP contribution is -2.34. The summed E-state index contributed by atoms with van der Waals surface area (Å²) in [5.41, 5.74) is 0. The van der Waals surface area contributed by atoms with E-state index in [2.05, 4.69) is 4.98 Å². The topological polar surface area (TPSA) is 42.4 Å². The second-order valence-corrected chi connectivity index (χ2v) is 4.28. The van der Waals surface area contributed by atoms with Crippen molar-refractivity contribution >= 4 is 11.6 Å². The number of rotatable bonds is 2. The van der Waals surface area contributed by atoms with Gasteiger partial charge in [-0.05, 0) is 19.3 Å². The van der Waals surface area contributed by atoms with Crippen LogP contribution in [0.5, 0.6) is 5.75 Å². The molecule has 3 nitrogen and oxygen atoms in total.